The molecule has 18 heavy (non-hydrogen) atoms. The maximum atomic E-state index is 13.3. The van der Waals surface area contributed by atoms with Crippen molar-refractivity contribution < 1.29 is 14.3 Å². The summed E-state index contributed by atoms with van der Waals surface area (Å²) < 4.78 is 14.4. The van der Waals surface area contributed by atoms with Gasteiger partial charge in [-0.3, -0.25) is 0 Å². The Bertz CT molecular complexity index is 601. The van der Waals surface area contributed by atoms with Gasteiger partial charge in [0.15, 0.2) is 11.9 Å². The number of carboxylic acids is 1. The van der Waals surface area contributed by atoms with Crippen molar-refractivity contribution in [3.63, 3.8) is 0 Å². The second kappa shape index (κ2) is 4.69. The number of carbonyl (C=O) groups is 1. The fourth-order valence-corrected chi connectivity index (χ4v) is 1.50. The van der Waals surface area contributed by atoms with Crippen LogP contribution in [0.4, 0.5) is 4.39 Å². The first-order chi connectivity index (χ1) is 8.50. The maximum absolute atomic E-state index is 13.3. The first-order valence-electron chi connectivity index (χ1n) is 4.97. The van der Waals surface area contributed by atoms with Gasteiger partial charge in [-0.25, -0.2) is 13.9 Å². The Morgan fingerprint density at radius 3 is 2.89 bits per heavy atom. The highest BCUT2D eigenvalue weighted by molar-refractivity contribution is 6.30. The summed E-state index contributed by atoms with van der Waals surface area (Å²) in [4.78, 5) is 10.9. The van der Waals surface area contributed by atoms with Crippen molar-refractivity contribution in [2.24, 2.45) is 0 Å². The molecule has 0 aliphatic heterocycles. The van der Waals surface area contributed by atoms with Crippen LogP contribution >= 0.6 is 11.6 Å². The average Bonchev–Trinajstić information content (AvgIpc) is 2.80. The molecule has 1 unspecified atom stereocenters. The molecule has 0 bridgehead atoms. The van der Waals surface area contributed by atoms with Crippen molar-refractivity contribution in [2.75, 3.05) is 0 Å². The Kier molecular flexibility index (Phi) is 3.24. The molecule has 0 fully saturated rings. The Hall–Kier alpha value is -2.02. The molecule has 94 valence electrons. The first kappa shape index (κ1) is 12.4. The highest BCUT2D eigenvalue weighted by Crippen LogP contribution is 2.23. The highest BCUT2D eigenvalue weighted by atomic mass is 35.5. The predicted molar refractivity (Wildman–Crippen MR) is 60.6 cm³/mol. The van der Waals surface area contributed by atoms with Crippen LogP contribution in [0.15, 0.2) is 18.2 Å². The van der Waals surface area contributed by atoms with Crippen LogP contribution in [0.3, 0.4) is 0 Å². The molecule has 1 aromatic carbocycles. The zero-order chi connectivity index (χ0) is 13.3. The molecule has 0 saturated carbocycles. The normalized spacial score (nSPS) is 12.4. The molecule has 0 radical (unpaired) electrons. The zero-order valence-electron chi connectivity index (χ0n) is 9.21. The van der Waals surface area contributed by atoms with Crippen molar-refractivity contribution in [3.8, 4) is 11.4 Å². The summed E-state index contributed by atoms with van der Waals surface area (Å²) in [5.41, 5.74) is 0.356. The van der Waals surface area contributed by atoms with Gasteiger partial charge >= 0.3 is 5.97 Å². The van der Waals surface area contributed by atoms with E-state index in [9.17, 15) is 9.18 Å². The van der Waals surface area contributed by atoms with Gasteiger partial charge in [0.1, 0.15) is 5.82 Å². The van der Waals surface area contributed by atoms with Crippen LogP contribution in [0.5, 0.6) is 0 Å². The van der Waals surface area contributed by atoms with Crippen molar-refractivity contribution in [2.45, 2.75) is 13.0 Å². The SMILES string of the molecule is CC(C(=O)O)n1nnnc1-c1ccc(Cl)c(F)c1. The molecule has 1 heterocycles. The number of tetrazole rings is 1. The van der Waals surface area contributed by atoms with Gasteiger partial charge in [0.2, 0.25) is 0 Å². The van der Waals surface area contributed by atoms with Crippen LogP contribution in [0.2, 0.25) is 5.02 Å². The molecule has 0 aliphatic carbocycles. The van der Waals surface area contributed by atoms with Gasteiger partial charge in [0, 0.05) is 5.56 Å². The van der Waals surface area contributed by atoms with Crippen LogP contribution < -0.4 is 0 Å². The van der Waals surface area contributed by atoms with Crippen molar-refractivity contribution in [1.29, 1.82) is 0 Å². The fourth-order valence-electron chi connectivity index (χ4n) is 1.38. The molecule has 0 saturated heterocycles. The van der Waals surface area contributed by atoms with E-state index in [1.54, 1.807) is 0 Å². The smallest absolute Gasteiger partial charge is 0.328 e. The largest absolute Gasteiger partial charge is 0.480 e. The quantitative estimate of drug-likeness (QED) is 0.919. The second-order valence-corrected chi connectivity index (χ2v) is 4.00. The standard InChI is InChI=1S/C10H8ClFN4O2/c1-5(10(17)18)16-9(13-14-15-16)6-2-3-7(11)8(12)4-6/h2-5H,1H3,(H,17,18). The third-order valence-electron chi connectivity index (χ3n) is 2.39. The van der Waals surface area contributed by atoms with E-state index in [1.807, 2.05) is 0 Å². The Morgan fingerprint density at radius 1 is 1.56 bits per heavy atom. The number of benzene rings is 1. The third-order valence-corrected chi connectivity index (χ3v) is 2.70. The summed E-state index contributed by atoms with van der Waals surface area (Å²) in [5.74, 6) is -1.54. The van der Waals surface area contributed by atoms with E-state index in [1.165, 1.54) is 19.1 Å². The second-order valence-electron chi connectivity index (χ2n) is 3.59. The number of hydrogen-bond acceptors (Lipinski definition) is 4. The number of rotatable bonds is 3. The van der Waals surface area contributed by atoms with Crippen molar-refractivity contribution >= 4 is 17.6 Å². The van der Waals surface area contributed by atoms with Crippen LogP contribution in [0.25, 0.3) is 11.4 Å². The number of aromatic nitrogens is 4. The lowest BCUT2D eigenvalue weighted by Crippen LogP contribution is -2.18. The third kappa shape index (κ3) is 2.17. The average molecular weight is 271 g/mol. The van der Waals surface area contributed by atoms with Gasteiger partial charge in [0.05, 0.1) is 5.02 Å². The molecule has 0 amide bonds. The van der Waals surface area contributed by atoms with E-state index in [-0.39, 0.29) is 10.8 Å². The predicted octanol–water partition coefficient (Wildman–Crippen LogP) is 1.78. The lowest BCUT2D eigenvalue weighted by atomic mass is 10.2. The van der Waals surface area contributed by atoms with E-state index >= 15 is 0 Å². The van der Waals surface area contributed by atoms with Crippen molar-refractivity contribution in [1.82, 2.24) is 20.2 Å². The molecule has 8 heteroatoms. The number of nitrogens with zero attached hydrogens (tertiary/aromatic N) is 4. The van der Waals surface area contributed by atoms with Gasteiger partial charge in [-0.1, -0.05) is 11.6 Å². The number of halogens is 2. The van der Waals surface area contributed by atoms with E-state index in [2.05, 4.69) is 15.5 Å². The fraction of sp³-hybridized carbons (Fsp3) is 0.200. The molecule has 6 nitrogen and oxygen atoms in total. The number of hydrogen-bond donors (Lipinski definition) is 1. The summed E-state index contributed by atoms with van der Waals surface area (Å²) in [6.45, 7) is 1.43. The van der Waals surface area contributed by atoms with E-state index in [4.69, 9.17) is 16.7 Å². The summed E-state index contributed by atoms with van der Waals surface area (Å²) >= 11 is 5.57. The minimum Gasteiger partial charge on any atom is -0.480 e. The van der Waals surface area contributed by atoms with Crippen molar-refractivity contribution in [3.05, 3.63) is 29.0 Å². The Morgan fingerprint density at radius 2 is 2.28 bits per heavy atom. The van der Waals surface area contributed by atoms with E-state index in [0.29, 0.717) is 5.56 Å². The molecule has 1 N–H and O–H groups in total. The van der Waals surface area contributed by atoms with Gasteiger partial charge in [-0.2, -0.15) is 0 Å². The summed E-state index contributed by atoms with van der Waals surface area (Å²) in [7, 11) is 0. The Labute approximate surface area is 106 Å². The molecular weight excluding hydrogens is 263 g/mol. The van der Waals surface area contributed by atoms with Gasteiger partial charge < -0.3 is 5.11 Å². The number of aliphatic carboxylic acids is 1. The topological polar surface area (TPSA) is 80.9 Å². The molecule has 0 aliphatic rings. The van der Waals surface area contributed by atoms with Crippen LogP contribution in [-0.4, -0.2) is 31.3 Å². The lowest BCUT2D eigenvalue weighted by molar-refractivity contribution is -0.140. The zero-order valence-corrected chi connectivity index (χ0v) is 9.97. The van der Waals surface area contributed by atoms with Crippen LogP contribution in [0, 0.1) is 5.82 Å². The molecule has 2 rings (SSSR count). The Balaban J connectivity index is 2.48. The lowest BCUT2D eigenvalue weighted by Gasteiger charge is -2.08. The van der Waals surface area contributed by atoms with Crippen LogP contribution in [0.1, 0.15) is 13.0 Å². The van der Waals surface area contributed by atoms with Gasteiger partial charge in [0.25, 0.3) is 0 Å². The molecule has 1 aromatic heterocycles. The molecule has 1 atom stereocenters. The van der Waals surface area contributed by atoms with Crippen LogP contribution in [-0.2, 0) is 4.79 Å². The summed E-state index contributed by atoms with van der Waals surface area (Å²) in [5, 5.41) is 19.6. The van der Waals surface area contributed by atoms with E-state index < -0.39 is 17.8 Å². The van der Waals surface area contributed by atoms with E-state index in [0.717, 1.165) is 10.7 Å². The molecule has 0 spiro atoms. The van der Waals surface area contributed by atoms with Gasteiger partial charge in [-0.05, 0) is 35.5 Å². The van der Waals surface area contributed by atoms with Gasteiger partial charge in [-0.15, -0.1) is 5.10 Å². The highest BCUT2D eigenvalue weighted by Gasteiger charge is 2.20. The summed E-state index contributed by atoms with van der Waals surface area (Å²) in [6.07, 6.45) is 0. The minimum atomic E-state index is -1.09. The monoisotopic (exact) mass is 270 g/mol. The number of carboxylic acid groups (broad SMARTS) is 1. The first-order valence-corrected chi connectivity index (χ1v) is 5.34. The summed E-state index contributed by atoms with van der Waals surface area (Å²) in [6, 6.07) is 3.08. The maximum Gasteiger partial charge on any atom is 0.328 e. The molecule has 2 aromatic rings. The molecular formula is C10H8ClFN4O2. The minimum absolute atomic E-state index is 0.0240.